The first-order valence-corrected chi connectivity index (χ1v) is 5.58. The minimum Gasteiger partial charge on any atom is -0.496 e. The second kappa shape index (κ2) is 4.91. The van der Waals surface area contributed by atoms with Crippen LogP contribution in [0.1, 0.15) is 21.5 Å². The van der Waals surface area contributed by atoms with E-state index < -0.39 is 0 Å². The molecule has 1 aromatic heterocycles. The third-order valence-corrected chi connectivity index (χ3v) is 2.67. The van der Waals surface area contributed by atoms with Crippen LogP contribution in [0.2, 0.25) is 0 Å². The molecule has 2 aromatic rings. The highest BCUT2D eigenvalue weighted by molar-refractivity contribution is 6.06. The molecule has 0 radical (unpaired) electrons. The van der Waals surface area contributed by atoms with Crippen molar-refractivity contribution in [2.45, 2.75) is 13.8 Å². The van der Waals surface area contributed by atoms with Crippen molar-refractivity contribution in [2.75, 3.05) is 12.4 Å². The van der Waals surface area contributed by atoms with Crippen LogP contribution in [0.5, 0.6) is 5.75 Å². The van der Waals surface area contributed by atoms with Crippen molar-refractivity contribution in [1.29, 1.82) is 0 Å². The normalized spacial score (nSPS) is 10.2. The van der Waals surface area contributed by atoms with E-state index in [1.165, 1.54) is 0 Å². The van der Waals surface area contributed by atoms with Gasteiger partial charge in [0.15, 0.2) is 0 Å². The van der Waals surface area contributed by atoms with E-state index in [9.17, 15) is 4.79 Å². The number of nitrogens with one attached hydrogen (secondary N) is 2. The van der Waals surface area contributed by atoms with E-state index >= 15 is 0 Å². The Balaban J connectivity index is 2.29. The number of anilines is 1. The minimum atomic E-state index is -0.220. The van der Waals surface area contributed by atoms with Crippen molar-refractivity contribution >= 4 is 11.7 Å². The number of rotatable bonds is 3. The second-order valence-corrected chi connectivity index (χ2v) is 4.09. The molecule has 0 aliphatic rings. The molecule has 5 nitrogen and oxygen atoms in total. The molecule has 2 N–H and O–H groups in total. The van der Waals surface area contributed by atoms with Gasteiger partial charge >= 0.3 is 0 Å². The number of carbonyl (C=O) groups is 1. The summed E-state index contributed by atoms with van der Waals surface area (Å²) in [5, 5.41) is 9.36. The highest BCUT2D eigenvalue weighted by atomic mass is 16.5. The molecule has 0 atom stereocenters. The number of methoxy groups -OCH3 is 1. The maximum absolute atomic E-state index is 12.2. The zero-order valence-electron chi connectivity index (χ0n) is 10.6. The van der Waals surface area contributed by atoms with Gasteiger partial charge in [-0.15, -0.1) is 0 Å². The molecule has 0 spiro atoms. The van der Waals surface area contributed by atoms with Crippen molar-refractivity contribution in [1.82, 2.24) is 10.2 Å². The van der Waals surface area contributed by atoms with E-state index in [0.717, 1.165) is 11.1 Å². The average Bonchev–Trinajstić information content (AvgIpc) is 2.75. The molecule has 94 valence electrons. The van der Waals surface area contributed by atoms with Crippen LogP contribution in [0, 0.1) is 13.8 Å². The van der Waals surface area contributed by atoms with Crippen LogP contribution in [0.15, 0.2) is 24.4 Å². The molecule has 0 unspecified atom stereocenters. The average molecular weight is 245 g/mol. The maximum Gasteiger partial charge on any atom is 0.260 e. The van der Waals surface area contributed by atoms with Crippen molar-refractivity contribution < 1.29 is 9.53 Å². The number of nitrogens with zero attached hydrogens (tertiary/aromatic N) is 1. The van der Waals surface area contributed by atoms with E-state index in [0.29, 0.717) is 17.1 Å². The van der Waals surface area contributed by atoms with Gasteiger partial charge in [-0.05, 0) is 26.0 Å². The van der Waals surface area contributed by atoms with Crippen LogP contribution in [0.25, 0.3) is 0 Å². The Morgan fingerprint density at radius 1 is 1.39 bits per heavy atom. The summed E-state index contributed by atoms with van der Waals surface area (Å²) in [7, 11) is 1.54. The molecule has 0 saturated heterocycles. The Morgan fingerprint density at radius 3 is 2.78 bits per heavy atom. The van der Waals surface area contributed by atoms with Crippen LogP contribution in [-0.4, -0.2) is 23.2 Å². The number of aromatic amines is 1. The number of ether oxygens (including phenoxy) is 1. The summed E-state index contributed by atoms with van der Waals surface area (Å²) in [4.78, 5) is 12.2. The van der Waals surface area contributed by atoms with E-state index in [-0.39, 0.29) is 5.91 Å². The highest BCUT2D eigenvalue weighted by Gasteiger charge is 2.14. The predicted octanol–water partition coefficient (Wildman–Crippen LogP) is 2.29. The molecule has 0 bridgehead atoms. The Kier molecular flexibility index (Phi) is 3.32. The number of hydrogen-bond donors (Lipinski definition) is 2. The number of benzene rings is 1. The summed E-state index contributed by atoms with van der Waals surface area (Å²) in [6.45, 7) is 3.80. The summed E-state index contributed by atoms with van der Waals surface area (Å²) in [5.41, 5.74) is 2.39. The first-order valence-electron chi connectivity index (χ1n) is 5.58. The lowest BCUT2D eigenvalue weighted by atomic mass is 10.1. The lowest BCUT2D eigenvalue weighted by molar-refractivity contribution is 0.102. The molecule has 0 saturated carbocycles. The third-order valence-electron chi connectivity index (χ3n) is 2.67. The molecular weight excluding hydrogens is 230 g/mol. The Hall–Kier alpha value is -2.30. The summed E-state index contributed by atoms with van der Waals surface area (Å²) < 4.78 is 5.18. The van der Waals surface area contributed by atoms with Crippen LogP contribution in [-0.2, 0) is 0 Å². The van der Waals surface area contributed by atoms with Crippen molar-refractivity contribution in [2.24, 2.45) is 0 Å². The number of amides is 1. The zero-order valence-corrected chi connectivity index (χ0v) is 10.6. The maximum atomic E-state index is 12.2. The van der Waals surface area contributed by atoms with Crippen molar-refractivity contribution in [3.05, 3.63) is 41.1 Å². The van der Waals surface area contributed by atoms with Gasteiger partial charge in [-0.1, -0.05) is 11.6 Å². The molecule has 1 aromatic carbocycles. The van der Waals surface area contributed by atoms with Crippen LogP contribution in [0.3, 0.4) is 0 Å². The quantitative estimate of drug-likeness (QED) is 0.871. The number of H-pyrrole nitrogens is 1. The van der Waals surface area contributed by atoms with Crippen LogP contribution < -0.4 is 10.1 Å². The van der Waals surface area contributed by atoms with Crippen LogP contribution >= 0.6 is 0 Å². The molecule has 0 fully saturated rings. The van der Waals surface area contributed by atoms with Gasteiger partial charge in [0.2, 0.25) is 0 Å². The molecule has 18 heavy (non-hydrogen) atoms. The number of aromatic nitrogens is 2. The first-order chi connectivity index (χ1) is 8.61. The molecule has 2 rings (SSSR count). The smallest absolute Gasteiger partial charge is 0.260 e. The Bertz CT molecular complexity index is 575. The fourth-order valence-electron chi connectivity index (χ4n) is 1.65. The number of hydrogen-bond acceptors (Lipinski definition) is 3. The van der Waals surface area contributed by atoms with Gasteiger partial charge in [0, 0.05) is 5.56 Å². The standard InChI is InChI=1S/C13H15N3O2/c1-8-4-5-11(18-3)10(6-8)13(17)15-12-9(2)7-14-16-12/h4-7H,1-3H3,(H2,14,15,16,17). The zero-order chi connectivity index (χ0) is 13.1. The van der Waals surface area contributed by atoms with Gasteiger partial charge in [-0.25, -0.2) is 0 Å². The Morgan fingerprint density at radius 2 is 2.17 bits per heavy atom. The summed E-state index contributed by atoms with van der Waals surface area (Å²) in [5.74, 6) is 0.932. The highest BCUT2D eigenvalue weighted by Crippen LogP contribution is 2.21. The molecule has 1 heterocycles. The van der Waals surface area contributed by atoms with Gasteiger partial charge in [-0.3, -0.25) is 9.89 Å². The fraction of sp³-hybridized carbons (Fsp3) is 0.231. The molecule has 1 amide bonds. The monoisotopic (exact) mass is 245 g/mol. The van der Waals surface area contributed by atoms with E-state index in [1.807, 2.05) is 19.9 Å². The van der Waals surface area contributed by atoms with Crippen molar-refractivity contribution in [3.8, 4) is 5.75 Å². The van der Waals surface area contributed by atoms with Crippen molar-refractivity contribution in [3.63, 3.8) is 0 Å². The SMILES string of the molecule is COc1ccc(C)cc1C(=O)Nc1[nH]ncc1C. The van der Waals surface area contributed by atoms with Gasteiger partial charge in [0.05, 0.1) is 18.9 Å². The second-order valence-electron chi connectivity index (χ2n) is 4.09. The lowest BCUT2D eigenvalue weighted by Crippen LogP contribution is -2.14. The fourth-order valence-corrected chi connectivity index (χ4v) is 1.65. The first kappa shape index (κ1) is 12.2. The largest absolute Gasteiger partial charge is 0.496 e. The van der Waals surface area contributed by atoms with Gasteiger partial charge < -0.3 is 10.1 Å². The van der Waals surface area contributed by atoms with E-state index in [2.05, 4.69) is 15.5 Å². The summed E-state index contributed by atoms with van der Waals surface area (Å²) in [6, 6.07) is 5.47. The molecule has 5 heteroatoms. The molecule has 0 aliphatic carbocycles. The van der Waals surface area contributed by atoms with E-state index in [4.69, 9.17) is 4.74 Å². The van der Waals surface area contributed by atoms with Gasteiger partial charge in [0.1, 0.15) is 11.6 Å². The molecular formula is C13H15N3O2. The topological polar surface area (TPSA) is 67.0 Å². The number of aryl methyl sites for hydroxylation is 2. The van der Waals surface area contributed by atoms with Crippen LogP contribution in [0.4, 0.5) is 5.82 Å². The third kappa shape index (κ3) is 2.34. The minimum absolute atomic E-state index is 0.220. The summed E-state index contributed by atoms with van der Waals surface area (Å²) in [6.07, 6.45) is 1.66. The molecule has 0 aliphatic heterocycles. The van der Waals surface area contributed by atoms with Gasteiger partial charge in [-0.2, -0.15) is 5.10 Å². The van der Waals surface area contributed by atoms with Gasteiger partial charge in [0.25, 0.3) is 5.91 Å². The predicted molar refractivity (Wildman–Crippen MR) is 69.0 cm³/mol. The Labute approximate surface area is 105 Å². The lowest BCUT2D eigenvalue weighted by Gasteiger charge is -2.09. The number of carbonyl (C=O) groups excluding carboxylic acids is 1. The summed E-state index contributed by atoms with van der Waals surface area (Å²) >= 11 is 0. The van der Waals surface area contributed by atoms with E-state index in [1.54, 1.807) is 25.4 Å².